The first kappa shape index (κ1) is 81.7. The van der Waals surface area contributed by atoms with Crippen molar-refractivity contribution in [2.24, 2.45) is 0 Å². The molecule has 30 aromatic rings. The van der Waals surface area contributed by atoms with E-state index in [-0.39, 0.29) is 0 Å². The van der Waals surface area contributed by atoms with Gasteiger partial charge in [0.1, 0.15) is 11.3 Å². The lowest BCUT2D eigenvalue weighted by Gasteiger charge is -2.11. The zero-order valence-corrected chi connectivity index (χ0v) is 78.1. The minimum Gasteiger partial charge on any atom is -0.309 e. The van der Waals surface area contributed by atoms with Crippen LogP contribution in [0.5, 0.6) is 0 Å². The van der Waals surface area contributed by atoms with Gasteiger partial charge >= 0.3 is 0 Å². The third-order valence-electron chi connectivity index (χ3n) is 29.6. The summed E-state index contributed by atoms with van der Waals surface area (Å²) < 4.78 is 18.8. The summed E-state index contributed by atoms with van der Waals surface area (Å²) in [5, 5.41) is 14.7. The maximum atomic E-state index is 5.19. The average Bonchev–Trinajstić information content (AvgIpc) is 1.52. The first-order chi connectivity index (χ1) is 71.4. The summed E-state index contributed by atoms with van der Waals surface area (Å²) in [5.41, 5.74) is 40.8. The van der Waals surface area contributed by atoms with Gasteiger partial charge in [0.2, 0.25) is 0 Å². The van der Waals surface area contributed by atoms with Crippen molar-refractivity contribution in [2.45, 2.75) is 0 Å². The predicted octanol–water partition coefficient (Wildman–Crippen LogP) is 34.6. The maximum absolute atomic E-state index is 5.19. The molecule has 672 valence electrons. The first-order valence-corrected chi connectivity index (χ1v) is 49.2. The topological polar surface area (TPSA) is 64.2 Å². The Labute approximate surface area is 828 Å². The molecule has 30 rings (SSSR count). The molecule has 0 saturated carbocycles. The molecule has 10 heterocycles. The lowest BCUT2D eigenvalue weighted by Crippen LogP contribution is -1.95. The normalized spacial score (nSPS) is 11.9. The monoisotopic (exact) mass is 1830 g/mol. The molecule has 20 aromatic carbocycles. The summed E-state index contributed by atoms with van der Waals surface area (Å²) in [6.45, 7) is 0. The van der Waals surface area contributed by atoms with E-state index in [1.807, 2.05) is 0 Å². The smallest absolute Gasteiger partial charge is 0.137 e. The average molecular weight is 1840 g/mol. The van der Waals surface area contributed by atoms with E-state index in [4.69, 9.17) is 9.97 Å². The number of hydrogen-bond donors (Lipinski definition) is 0. The summed E-state index contributed by atoms with van der Waals surface area (Å²) in [6.07, 6.45) is 4.21. The zero-order valence-electron chi connectivity index (χ0n) is 78.1. The Balaban J connectivity index is 0.000000137. The van der Waals surface area contributed by atoms with E-state index in [1.165, 1.54) is 153 Å². The van der Waals surface area contributed by atoms with Crippen LogP contribution in [-0.4, -0.2) is 46.2 Å². The molecular weight excluding hydrogens is 1750 g/mol. The summed E-state index contributed by atoms with van der Waals surface area (Å²) in [7, 11) is 0. The van der Waals surface area contributed by atoms with Gasteiger partial charge in [0.25, 0.3) is 0 Å². The molecule has 0 spiro atoms. The molecule has 0 saturated heterocycles. The van der Waals surface area contributed by atoms with Gasteiger partial charge < -0.3 is 27.4 Å². The van der Waals surface area contributed by atoms with Crippen LogP contribution in [0.25, 0.3) is 266 Å². The van der Waals surface area contributed by atoms with Gasteiger partial charge in [-0.25, -0.2) is 9.97 Å². The highest BCUT2D eigenvalue weighted by Crippen LogP contribution is 2.48. The van der Waals surface area contributed by atoms with Gasteiger partial charge in [-0.15, -0.1) is 0 Å². The highest BCUT2D eigenvalue weighted by molar-refractivity contribution is 6.18. The van der Waals surface area contributed by atoms with Crippen LogP contribution in [0.4, 0.5) is 0 Å². The molecule has 144 heavy (non-hydrogen) atoms. The Morgan fingerprint density at radius 1 is 0.125 bits per heavy atom. The van der Waals surface area contributed by atoms with Crippen LogP contribution in [0.3, 0.4) is 0 Å². The van der Waals surface area contributed by atoms with Crippen molar-refractivity contribution in [1.82, 2.24) is 46.2 Å². The van der Waals surface area contributed by atoms with Gasteiger partial charge in [-0.1, -0.05) is 291 Å². The molecule has 0 radical (unpaired) electrons. The molecule has 10 heteroatoms. The summed E-state index contributed by atoms with van der Waals surface area (Å²) in [5.74, 6) is 0. The fraction of sp³-hybridized carbons (Fsp3) is 0. The minimum atomic E-state index is 0.923. The van der Waals surface area contributed by atoms with E-state index in [2.05, 4.69) is 558 Å². The molecule has 0 N–H and O–H groups in total. The standard InChI is InChI=1S/2C67H43N5/c1-4-16-45(17-5-1)67-66(68-65-26-14-15-39-69(65)67)44-27-33-52(34-28-44)72-63-37-31-48(46-29-35-61-55(40-46)53-22-10-12-24-59(53)70(61)50-18-6-2-7-19-50)42-57(63)58-43-49(32-38-64(58)72)47-30-36-62-56(41-47)54-23-11-13-25-60(54)71(62)51-20-8-3-9-21-51;1-4-16-44(17-5-1)66-67(69-39-15-14-26-65(69)68-66)45-27-33-52(34-28-45)72-63-37-31-48(46-29-35-61-55(40-46)53-22-10-12-24-59(53)70(61)50-18-6-2-7-19-50)42-57(63)58-43-49(32-38-64(58)72)47-30-36-62-56(41-47)54-23-11-13-25-60(54)71(62)51-20-8-3-9-21-51/h2*1-43H. The second kappa shape index (κ2) is 33.2. The third-order valence-corrected chi connectivity index (χ3v) is 29.6. The number of pyridine rings is 2. The quantitative estimate of drug-likeness (QED) is 0.109. The number of imidazole rings is 2. The first-order valence-electron chi connectivity index (χ1n) is 49.2. The molecule has 10 nitrogen and oxygen atoms in total. The third kappa shape index (κ3) is 13.2. The molecule has 10 aromatic heterocycles. The molecule has 0 bridgehead atoms. The van der Waals surface area contributed by atoms with Crippen molar-refractivity contribution in [3.05, 3.63) is 522 Å². The molecule has 0 atom stereocenters. The summed E-state index contributed by atoms with van der Waals surface area (Å²) in [4.78, 5) is 10.3. The van der Waals surface area contributed by atoms with Gasteiger partial charge in [-0.05, 0) is 263 Å². The van der Waals surface area contributed by atoms with Gasteiger partial charge in [0.15, 0.2) is 0 Å². The van der Waals surface area contributed by atoms with Gasteiger partial charge in [0.05, 0.1) is 89.0 Å². The summed E-state index contributed by atoms with van der Waals surface area (Å²) >= 11 is 0. The van der Waals surface area contributed by atoms with Crippen LogP contribution in [0.15, 0.2) is 522 Å². The maximum Gasteiger partial charge on any atom is 0.137 e. The Kier molecular flexibility index (Phi) is 18.8. The SMILES string of the molecule is c1ccc(-c2c(-c3ccc(-n4c5ccc(-c6ccc7c(c6)c6ccccc6n7-c6ccccc6)cc5c5cc(-c6ccc7c(c6)c6ccccc6n7-c6ccccc6)ccc54)cc3)nc3ccccn23)cc1.c1ccc(-c2nc3ccccn3c2-c2ccc(-n3c4ccc(-c5ccc6c(c5)c5ccccc5n6-c5ccccc5)cc4c4cc(-c5ccc6c(c5)c5ccccc5n6-c5ccccc5)ccc43)cc2)cc1. The van der Waals surface area contributed by atoms with Crippen LogP contribution in [-0.2, 0) is 0 Å². The van der Waals surface area contributed by atoms with Crippen LogP contribution in [0.2, 0.25) is 0 Å². The molecule has 0 unspecified atom stereocenters. The molecule has 0 aliphatic heterocycles. The van der Waals surface area contributed by atoms with E-state index in [9.17, 15) is 0 Å². The lowest BCUT2D eigenvalue weighted by molar-refractivity contribution is 1.17. The highest BCUT2D eigenvalue weighted by Gasteiger charge is 2.26. The largest absolute Gasteiger partial charge is 0.309 e. The minimum absolute atomic E-state index is 0.923. The fourth-order valence-electron chi connectivity index (χ4n) is 23.0. The Hall–Kier alpha value is -19.4. The van der Waals surface area contributed by atoms with Crippen molar-refractivity contribution >= 4 is 142 Å². The Bertz CT molecular complexity index is 9940. The van der Waals surface area contributed by atoms with Crippen molar-refractivity contribution in [1.29, 1.82) is 0 Å². The number of hydrogen-bond acceptors (Lipinski definition) is 2. The van der Waals surface area contributed by atoms with Gasteiger partial charge in [-0.2, -0.15) is 0 Å². The molecule has 0 aliphatic rings. The van der Waals surface area contributed by atoms with E-state index in [0.29, 0.717) is 0 Å². The zero-order chi connectivity index (χ0) is 94.6. The van der Waals surface area contributed by atoms with Gasteiger partial charge in [0, 0.05) is 133 Å². The number of rotatable bonds is 14. The second-order valence-corrected chi connectivity index (χ2v) is 37.6. The van der Waals surface area contributed by atoms with Crippen LogP contribution in [0, 0.1) is 0 Å². The van der Waals surface area contributed by atoms with E-state index >= 15 is 0 Å². The number of aromatic nitrogens is 10. The molecule has 0 aliphatic carbocycles. The van der Waals surface area contributed by atoms with E-state index < -0.39 is 0 Å². The predicted molar refractivity (Wildman–Crippen MR) is 600 cm³/mol. The van der Waals surface area contributed by atoms with Crippen molar-refractivity contribution in [3.63, 3.8) is 0 Å². The lowest BCUT2D eigenvalue weighted by atomic mass is 9.98. The van der Waals surface area contributed by atoms with E-state index in [1.54, 1.807) is 0 Å². The second-order valence-electron chi connectivity index (χ2n) is 37.6. The molecule has 0 fully saturated rings. The highest BCUT2D eigenvalue weighted by atomic mass is 15.0. The number of nitrogens with zero attached hydrogens (tertiary/aromatic N) is 10. The molecular formula is C134H86N10. The van der Waals surface area contributed by atoms with Crippen molar-refractivity contribution in [3.8, 4) is 124 Å². The Morgan fingerprint density at radius 2 is 0.306 bits per heavy atom. The Morgan fingerprint density at radius 3 is 0.569 bits per heavy atom. The molecule has 0 amide bonds. The van der Waals surface area contributed by atoms with Crippen molar-refractivity contribution in [2.75, 3.05) is 0 Å². The number of fused-ring (bicyclic) bond motifs is 20. The fourth-order valence-corrected chi connectivity index (χ4v) is 23.0. The van der Waals surface area contributed by atoms with Crippen LogP contribution >= 0.6 is 0 Å². The number of para-hydroxylation sites is 8. The number of benzene rings is 20. The van der Waals surface area contributed by atoms with Crippen LogP contribution in [0.1, 0.15) is 0 Å². The van der Waals surface area contributed by atoms with Crippen molar-refractivity contribution < 1.29 is 0 Å². The van der Waals surface area contributed by atoms with Crippen LogP contribution < -0.4 is 0 Å². The summed E-state index contributed by atoms with van der Waals surface area (Å²) in [6, 6.07) is 185. The van der Waals surface area contributed by atoms with Gasteiger partial charge in [-0.3, -0.25) is 8.80 Å². The van der Waals surface area contributed by atoms with E-state index in [0.717, 1.165) is 113 Å².